The van der Waals surface area contributed by atoms with Crippen molar-refractivity contribution >= 4 is 44.8 Å². The summed E-state index contributed by atoms with van der Waals surface area (Å²) >= 11 is 7.02. The van der Waals surface area contributed by atoms with Crippen molar-refractivity contribution in [2.24, 2.45) is 0 Å². The molecule has 1 aromatic heterocycles. The number of carboxylic acids is 1. The van der Waals surface area contributed by atoms with Crippen molar-refractivity contribution in [3.63, 3.8) is 0 Å². The molecule has 0 radical (unpaired) electrons. The van der Waals surface area contributed by atoms with Gasteiger partial charge in [-0.25, -0.2) is 8.42 Å². The highest BCUT2D eigenvalue weighted by atomic mass is 35.5. The molecular weight excluding hydrogens is 536 g/mol. The summed E-state index contributed by atoms with van der Waals surface area (Å²) in [5.74, 6) is -2.29. The summed E-state index contributed by atoms with van der Waals surface area (Å²) in [5, 5.41) is 10.9. The summed E-state index contributed by atoms with van der Waals surface area (Å²) in [5.41, 5.74) is -0.252. The van der Waals surface area contributed by atoms with E-state index in [0.717, 1.165) is 26.8 Å². The number of aliphatic carboxylic acids is 1. The Morgan fingerprint density at radius 2 is 1.73 bits per heavy atom. The molecule has 1 amide bonds. The Kier molecular flexibility index (Phi) is 7.12. The molecule has 2 aromatic carbocycles. The fourth-order valence-electron chi connectivity index (χ4n) is 4.76. The molecule has 2 fully saturated rings. The second-order valence-corrected chi connectivity index (χ2v) is 12.6. The lowest BCUT2D eigenvalue weighted by Gasteiger charge is -2.32. The fraction of sp³-hybridized carbons (Fsp3) is 0.308. The van der Waals surface area contributed by atoms with Gasteiger partial charge in [0.2, 0.25) is 5.91 Å². The van der Waals surface area contributed by atoms with E-state index in [2.05, 4.69) is 0 Å². The quantitative estimate of drug-likeness (QED) is 0.448. The van der Waals surface area contributed by atoms with E-state index in [-0.39, 0.29) is 10.6 Å². The van der Waals surface area contributed by atoms with E-state index in [1.807, 2.05) is 6.07 Å². The van der Waals surface area contributed by atoms with Gasteiger partial charge in [-0.2, -0.15) is 4.31 Å². The first-order valence-electron chi connectivity index (χ1n) is 11.8. The minimum absolute atomic E-state index is 0.0217. The number of carboxylic acid groups (broad SMARTS) is 1. The normalized spacial score (nSPS) is 21.7. The molecule has 5 rings (SSSR count). The zero-order valence-electron chi connectivity index (χ0n) is 19.7. The third kappa shape index (κ3) is 4.92. The van der Waals surface area contributed by atoms with Gasteiger partial charge in [0.1, 0.15) is 9.75 Å². The zero-order valence-corrected chi connectivity index (χ0v) is 22.1. The molecule has 2 atom stereocenters. The summed E-state index contributed by atoms with van der Waals surface area (Å²) in [4.78, 5) is 28.2. The molecule has 2 heterocycles. The molecule has 1 N–H and O–H groups in total. The smallest absolute Gasteiger partial charge is 0.325 e. The highest BCUT2D eigenvalue weighted by Crippen LogP contribution is 2.57. The number of carbonyl (C=O) groups excluding carboxylic acids is 1. The standard InChI is InChI=1S/C26H25ClN2O6S2/c27-20-8-6-19(7-9-20)22-10-11-24(36-22)37(33,34)29(17-23(30)28-12-14-35-15-13-28)26(25(31)32)16-21(26)18-4-2-1-3-5-18/h1-11,21H,12-17H2,(H,31,32)/t21-,26+/m0/s1. The Morgan fingerprint density at radius 3 is 2.38 bits per heavy atom. The molecule has 194 valence electrons. The molecule has 8 nitrogen and oxygen atoms in total. The van der Waals surface area contributed by atoms with Crippen molar-refractivity contribution in [2.75, 3.05) is 32.8 Å². The van der Waals surface area contributed by atoms with Gasteiger partial charge in [-0.3, -0.25) is 9.59 Å². The van der Waals surface area contributed by atoms with Crippen LogP contribution in [-0.2, 0) is 24.3 Å². The van der Waals surface area contributed by atoms with Crippen LogP contribution in [0.5, 0.6) is 0 Å². The van der Waals surface area contributed by atoms with Crippen LogP contribution >= 0.6 is 22.9 Å². The number of rotatable bonds is 8. The lowest BCUT2D eigenvalue weighted by atomic mass is 10.1. The van der Waals surface area contributed by atoms with Crippen LogP contribution < -0.4 is 0 Å². The van der Waals surface area contributed by atoms with E-state index in [1.54, 1.807) is 54.6 Å². The van der Waals surface area contributed by atoms with Gasteiger partial charge in [-0.1, -0.05) is 54.1 Å². The van der Waals surface area contributed by atoms with Crippen LogP contribution in [0, 0.1) is 0 Å². The molecule has 11 heteroatoms. The molecular formula is C26H25ClN2O6S2. The van der Waals surface area contributed by atoms with Crippen molar-refractivity contribution in [1.82, 2.24) is 9.21 Å². The topological polar surface area (TPSA) is 104 Å². The van der Waals surface area contributed by atoms with Crippen LogP contribution in [-0.4, -0.2) is 73.0 Å². The minimum atomic E-state index is -4.35. The predicted octanol–water partition coefficient (Wildman–Crippen LogP) is 3.93. The van der Waals surface area contributed by atoms with Crippen LogP contribution in [0.15, 0.2) is 70.9 Å². The van der Waals surface area contributed by atoms with Crippen LogP contribution in [0.2, 0.25) is 5.02 Å². The second kappa shape index (κ2) is 10.2. The second-order valence-electron chi connectivity index (χ2n) is 9.03. The molecule has 0 unspecified atom stereocenters. The SMILES string of the molecule is O=C(CN([C@]1(C(=O)O)C[C@H]1c1ccccc1)S(=O)(=O)c1ccc(-c2ccc(Cl)cc2)s1)N1CCOCC1. The molecule has 0 spiro atoms. The van der Waals surface area contributed by atoms with Crippen LogP contribution in [0.3, 0.4) is 0 Å². The molecule has 3 aromatic rings. The van der Waals surface area contributed by atoms with Crippen LogP contribution in [0.1, 0.15) is 17.9 Å². The van der Waals surface area contributed by atoms with E-state index in [0.29, 0.717) is 36.2 Å². The lowest BCUT2D eigenvalue weighted by Crippen LogP contribution is -2.54. The van der Waals surface area contributed by atoms with Gasteiger partial charge in [0.15, 0.2) is 0 Å². The number of nitrogens with zero attached hydrogens (tertiary/aromatic N) is 2. The first kappa shape index (κ1) is 25.9. The van der Waals surface area contributed by atoms with Gasteiger partial charge in [-0.05, 0) is 41.8 Å². The largest absolute Gasteiger partial charge is 0.480 e. The van der Waals surface area contributed by atoms with E-state index in [1.165, 1.54) is 11.0 Å². The molecule has 1 saturated carbocycles. The highest BCUT2D eigenvalue weighted by Gasteiger charge is 2.68. The predicted molar refractivity (Wildman–Crippen MR) is 140 cm³/mol. The van der Waals surface area contributed by atoms with Crippen LogP contribution in [0.4, 0.5) is 0 Å². The van der Waals surface area contributed by atoms with E-state index in [4.69, 9.17) is 16.3 Å². The number of carbonyl (C=O) groups is 2. The zero-order chi connectivity index (χ0) is 26.2. The maximum Gasteiger partial charge on any atom is 0.325 e. The van der Waals surface area contributed by atoms with Crippen molar-refractivity contribution in [2.45, 2.75) is 22.1 Å². The molecule has 1 aliphatic carbocycles. The van der Waals surface area contributed by atoms with Gasteiger partial charge in [0, 0.05) is 28.9 Å². The Hall–Kier alpha value is -2.76. The van der Waals surface area contributed by atoms with E-state index in [9.17, 15) is 23.1 Å². The summed E-state index contributed by atoms with van der Waals surface area (Å²) in [6.07, 6.45) is 0.0807. The Bertz CT molecular complexity index is 1400. The average molecular weight is 561 g/mol. The lowest BCUT2D eigenvalue weighted by molar-refractivity contribution is -0.144. The third-order valence-electron chi connectivity index (χ3n) is 6.85. The van der Waals surface area contributed by atoms with Gasteiger partial charge >= 0.3 is 5.97 Å². The number of ether oxygens (including phenoxy) is 1. The maximum atomic E-state index is 14.1. The number of benzene rings is 2. The van der Waals surface area contributed by atoms with Gasteiger partial charge in [0.05, 0.1) is 19.8 Å². The van der Waals surface area contributed by atoms with Crippen molar-refractivity contribution in [1.29, 1.82) is 0 Å². The maximum absolute atomic E-state index is 14.1. The molecule has 2 aliphatic rings. The summed E-state index contributed by atoms with van der Waals surface area (Å²) in [7, 11) is -4.35. The number of halogens is 1. The molecule has 1 aliphatic heterocycles. The monoisotopic (exact) mass is 560 g/mol. The van der Waals surface area contributed by atoms with E-state index < -0.39 is 39.9 Å². The van der Waals surface area contributed by atoms with E-state index >= 15 is 0 Å². The number of hydrogen-bond donors (Lipinski definition) is 1. The van der Waals surface area contributed by atoms with Gasteiger partial charge in [-0.15, -0.1) is 11.3 Å². The number of thiophene rings is 1. The number of sulfonamides is 1. The van der Waals surface area contributed by atoms with Gasteiger partial charge < -0.3 is 14.7 Å². The minimum Gasteiger partial charge on any atom is -0.480 e. The third-order valence-corrected chi connectivity index (χ3v) is 10.6. The van der Waals surface area contributed by atoms with Gasteiger partial charge in [0.25, 0.3) is 10.0 Å². The molecule has 0 bridgehead atoms. The Labute approximate surface area is 224 Å². The first-order chi connectivity index (χ1) is 17.7. The van der Waals surface area contributed by atoms with Crippen molar-refractivity contribution in [3.05, 3.63) is 77.3 Å². The fourth-order valence-corrected chi connectivity index (χ4v) is 8.04. The first-order valence-corrected chi connectivity index (χ1v) is 14.4. The average Bonchev–Trinajstić information content (AvgIpc) is 3.46. The molecule has 1 saturated heterocycles. The number of hydrogen-bond acceptors (Lipinski definition) is 6. The Morgan fingerprint density at radius 1 is 1.05 bits per heavy atom. The number of amides is 1. The van der Waals surface area contributed by atoms with Crippen LogP contribution in [0.25, 0.3) is 10.4 Å². The highest BCUT2D eigenvalue weighted by molar-refractivity contribution is 7.91. The summed E-state index contributed by atoms with van der Waals surface area (Å²) < 4.78 is 34.3. The Balaban J connectivity index is 1.54. The van der Waals surface area contributed by atoms with Crippen molar-refractivity contribution < 1.29 is 27.9 Å². The summed E-state index contributed by atoms with van der Waals surface area (Å²) in [6, 6.07) is 19.1. The van der Waals surface area contributed by atoms with Crippen molar-refractivity contribution in [3.8, 4) is 10.4 Å². The molecule has 37 heavy (non-hydrogen) atoms. The number of morpholine rings is 1. The summed E-state index contributed by atoms with van der Waals surface area (Å²) in [6.45, 7) is 0.796.